The van der Waals surface area contributed by atoms with Crippen molar-refractivity contribution in [1.82, 2.24) is 4.98 Å². The van der Waals surface area contributed by atoms with Crippen LogP contribution in [0.4, 0.5) is 0 Å². The number of pyridine rings is 1. The van der Waals surface area contributed by atoms with Crippen LogP contribution in [-0.4, -0.2) is 12.3 Å². The third kappa shape index (κ3) is 5.57. The van der Waals surface area contributed by atoms with Crippen LogP contribution in [0.5, 0.6) is 0 Å². The molecule has 0 atom stereocenters. The molecule has 1 aromatic heterocycles. The molecule has 3 rings (SSSR count). The van der Waals surface area contributed by atoms with Crippen molar-refractivity contribution < 1.29 is 0 Å². The van der Waals surface area contributed by atoms with Gasteiger partial charge < -0.3 is 0 Å². The number of aromatic nitrogens is 1. The summed E-state index contributed by atoms with van der Waals surface area (Å²) in [7, 11) is 1.03. The van der Waals surface area contributed by atoms with Gasteiger partial charge in [0.05, 0.1) is 0 Å². The zero-order valence-corrected chi connectivity index (χ0v) is 13.3. The Labute approximate surface area is 134 Å². The quantitative estimate of drug-likeness (QED) is 0.674. The lowest BCUT2D eigenvalue weighted by atomic mass is 9.64. The average Bonchev–Trinajstić information content (AvgIpc) is 2.58. The van der Waals surface area contributed by atoms with Crippen LogP contribution in [0.2, 0.25) is 0 Å². The van der Waals surface area contributed by atoms with E-state index in [1.165, 1.54) is 16.5 Å². The summed E-state index contributed by atoms with van der Waals surface area (Å²) in [6, 6.07) is 25.2. The maximum Gasteiger partial charge on any atom is 0.192 e. The van der Waals surface area contributed by atoms with Gasteiger partial charge in [-0.05, 0) is 23.6 Å². The topological polar surface area (TPSA) is 12.9 Å². The van der Waals surface area contributed by atoms with E-state index in [0.29, 0.717) is 5.92 Å². The van der Waals surface area contributed by atoms with Crippen molar-refractivity contribution in [3.63, 3.8) is 0 Å². The molecule has 0 amide bonds. The zero-order chi connectivity index (χ0) is 15.6. The molecule has 0 radical (unpaired) electrons. The Morgan fingerprint density at radius 3 is 1.50 bits per heavy atom. The number of benzene rings is 2. The minimum Gasteiger partial charge on any atom is -0.265 e. The molecule has 3 aromatic rings. The molecule has 0 aliphatic carbocycles. The van der Waals surface area contributed by atoms with Gasteiger partial charge in [0.15, 0.2) is 7.28 Å². The Balaban J connectivity index is 0.000000172. The first-order valence-electron chi connectivity index (χ1n) is 7.73. The van der Waals surface area contributed by atoms with Gasteiger partial charge in [-0.15, -0.1) is 0 Å². The molecule has 2 aromatic carbocycles. The van der Waals surface area contributed by atoms with Gasteiger partial charge in [0.2, 0.25) is 0 Å². The minimum absolute atomic E-state index is 0.619. The molecule has 0 unspecified atom stereocenters. The molecule has 0 aliphatic heterocycles. The third-order valence-electron chi connectivity index (χ3n) is 3.47. The van der Waals surface area contributed by atoms with E-state index in [0.717, 1.165) is 7.28 Å². The van der Waals surface area contributed by atoms with Crippen molar-refractivity contribution in [2.45, 2.75) is 19.8 Å². The summed E-state index contributed by atoms with van der Waals surface area (Å²) in [5.74, 6) is 0.619. The van der Waals surface area contributed by atoms with E-state index >= 15 is 0 Å². The summed E-state index contributed by atoms with van der Waals surface area (Å²) in [5.41, 5.74) is 4.09. The van der Waals surface area contributed by atoms with Gasteiger partial charge in [-0.25, -0.2) is 0 Å². The molecule has 1 heterocycles. The fourth-order valence-corrected chi connectivity index (χ4v) is 2.18. The highest BCUT2D eigenvalue weighted by atomic mass is 14.6. The summed E-state index contributed by atoms with van der Waals surface area (Å²) >= 11 is 0. The molecule has 0 spiro atoms. The summed E-state index contributed by atoms with van der Waals surface area (Å²) in [5, 5.41) is 0. The standard InChI is InChI=1S/C12H11B.C8H11N/c1-3-7-11(8-4-1)13-12-9-5-2-6-10-12;1-7(2)8-3-5-9-6-4-8/h1-10,13H;3-7H,1-2H3. The zero-order valence-electron chi connectivity index (χ0n) is 13.3. The Bertz CT molecular complexity index is 599. The molecule has 1 nitrogen and oxygen atoms in total. The molecule has 22 heavy (non-hydrogen) atoms. The number of nitrogens with zero attached hydrogens (tertiary/aromatic N) is 1. The summed E-state index contributed by atoms with van der Waals surface area (Å²) < 4.78 is 0. The molecule has 0 N–H and O–H groups in total. The Kier molecular flexibility index (Phi) is 6.44. The molecule has 0 saturated carbocycles. The van der Waals surface area contributed by atoms with E-state index in [1.54, 1.807) is 0 Å². The lowest BCUT2D eigenvalue weighted by molar-refractivity contribution is 0.863. The van der Waals surface area contributed by atoms with Crippen molar-refractivity contribution >= 4 is 18.2 Å². The summed E-state index contributed by atoms with van der Waals surface area (Å²) in [4.78, 5) is 3.93. The molecule has 0 saturated heterocycles. The number of rotatable bonds is 3. The second-order valence-corrected chi connectivity index (χ2v) is 5.58. The fourth-order valence-electron chi connectivity index (χ4n) is 2.18. The second-order valence-electron chi connectivity index (χ2n) is 5.58. The largest absolute Gasteiger partial charge is 0.265 e. The molecule has 0 aliphatic rings. The van der Waals surface area contributed by atoms with Crippen molar-refractivity contribution in [3.8, 4) is 0 Å². The van der Waals surface area contributed by atoms with Crippen LogP contribution in [0.25, 0.3) is 0 Å². The van der Waals surface area contributed by atoms with Crippen LogP contribution < -0.4 is 10.9 Å². The van der Waals surface area contributed by atoms with E-state index in [4.69, 9.17) is 0 Å². The minimum atomic E-state index is 0.619. The predicted octanol–water partition coefficient (Wildman–Crippen LogP) is 3.28. The first kappa shape index (κ1) is 16.0. The lowest BCUT2D eigenvalue weighted by Gasteiger charge is -2.01. The Morgan fingerprint density at radius 1 is 0.682 bits per heavy atom. The molecule has 0 fully saturated rings. The van der Waals surface area contributed by atoms with Crippen LogP contribution in [0, 0.1) is 0 Å². The van der Waals surface area contributed by atoms with Gasteiger partial charge in [0.25, 0.3) is 0 Å². The molecular weight excluding hydrogens is 265 g/mol. The van der Waals surface area contributed by atoms with Gasteiger partial charge >= 0.3 is 0 Å². The molecule has 110 valence electrons. The van der Waals surface area contributed by atoms with Gasteiger partial charge in [-0.3, -0.25) is 4.98 Å². The van der Waals surface area contributed by atoms with Crippen LogP contribution >= 0.6 is 0 Å². The monoisotopic (exact) mass is 287 g/mol. The van der Waals surface area contributed by atoms with Crippen molar-refractivity contribution in [3.05, 3.63) is 90.8 Å². The van der Waals surface area contributed by atoms with Crippen molar-refractivity contribution in [1.29, 1.82) is 0 Å². The second kappa shape index (κ2) is 8.83. The van der Waals surface area contributed by atoms with E-state index in [2.05, 4.69) is 79.5 Å². The first-order chi connectivity index (χ1) is 10.8. The maximum atomic E-state index is 3.93. The number of hydrogen-bond donors (Lipinski definition) is 0. The van der Waals surface area contributed by atoms with E-state index < -0.39 is 0 Å². The van der Waals surface area contributed by atoms with Gasteiger partial charge in [-0.2, -0.15) is 0 Å². The summed E-state index contributed by atoms with van der Waals surface area (Å²) in [6.07, 6.45) is 3.66. The van der Waals surface area contributed by atoms with E-state index in [9.17, 15) is 0 Å². The summed E-state index contributed by atoms with van der Waals surface area (Å²) in [6.45, 7) is 4.35. The first-order valence-corrected chi connectivity index (χ1v) is 7.73. The van der Waals surface area contributed by atoms with Crippen LogP contribution in [0.1, 0.15) is 25.3 Å². The SMILES string of the molecule is B(c1ccccc1)c1ccccc1.CC(C)c1ccncc1. The highest BCUT2D eigenvalue weighted by Gasteiger charge is 1.95. The van der Waals surface area contributed by atoms with E-state index in [-0.39, 0.29) is 0 Å². The molecule has 0 bridgehead atoms. The Hall–Kier alpha value is -2.35. The van der Waals surface area contributed by atoms with Crippen LogP contribution in [-0.2, 0) is 0 Å². The molecular formula is C20H22BN. The highest BCUT2D eigenvalue weighted by molar-refractivity contribution is 6.67. The highest BCUT2D eigenvalue weighted by Crippen LogP contribution is 2.10. The van der Waals surface area contributed by atoms with Crippen molar-refractivity contribution in [2.24, 2.45) is 0 Å². The maximum absolute atomic E-state index is 3.93. The van der Waals surface area contributed by atoms with E-state index in [1.807, 2.05) is 24.5 Å². The normalized spacial score (nSPS) is 9.77. The number of hydrogen-bond acceptors (Lipinski definition) is 1. The van der Waals surface area contributed by atoms with Crippen LogP contribution in [0.15, 0.2) is 85.2 Å². The van der Waals surface area contributed by atoms with Crippen LogP contribution in [0.3, 0.4) is 0 Å². The smallest absolute Gasteiger partial charge is 0.192 e. The van der Waals surface area contributed by atoms with Gasteiger partial charge in [0, 0.05) is 12.4 Å². The van der Waals surface area contributed by atoms with Crippen molar-refractivity contribution in [2.75, 3.05) is 0 Å². The van der Waals surface area contributed by atoms with Gasteiger partial charge in [0.1, 0.15) is 0 Å². The predicted molar refractivity (Wildman–Crippen MR) is 97.6 cm³/mol. The molecule has 2 heteroatoms. The van der Waals surface area contributed by atoms with Gasteiger partial charge in [-0.1, -0.05) is 85.4 Å². The fraction of sp³-hybridized carbons (Fsp3) is 0.150. The Morgan fingerprint density at radius 2 is 1.14 bits per heavy atom. The third-order valence-corrected chi connectivity index (χ3v) is 3.47. The average molecular weight is 287 g/mol. The lowest BCUT2D eigenvalue weighted by Crippen LogP contribution is -2.26.